The normalized spacial score (nSPS) is 12.7. The van der Waals surface area contributed by atoms with Gasteiger partial charge in [-0.25, -0.2) is 0 Å². The van der Waals surface area contributed by atoms with Crippen molar-refractivity contribution in [1.29, 1.82) is 0 Å². The molecule has 86 heavy (non-hydrogen) atoms. The SMILES string of the molecule is CCCCCCCCCCCCCCCCCC/C=C/C(O)C(CO)NC(=O)CCCCCCCCCCCCCCCCCCC/C=C\C/C=C\CCCCCCCCCCCCCCCCCOC(=O)CCCCCCCCCCCCCC. The van der Waals surface area contributed by atoms with Gasteiger partial charge >= 0.3 is 5.97 Å². The van der Waals surface area contributed by atoms with E-state index < -0.39 is 12.1 Å². The van der Waals surface area contributed by atoms with Gasteiger partial charge in [-0.15, -0.1) is 0 Å². The molecule has 0 spiro atoms. The highest BCUT2D eigenvalue weighted by atomic mass is 16.5. The number of carbonyl (C=O) groups is 2. The van der Waals surface area contributed by atoms with Crippen molar-refractivity contribution in [2.75, 3.05) is 13.2 Å². The van der Waals surface area contributed by atoms with Gasteiger partial charge in [0, 0.05) is 12.8 Å². The maximum Gasteiger partial charge on any atom is 0.305 e. The van der Waals surface area contributed by atoms with Crippen LogP contribution in [-0.2, 0) is 14.3 Å². The predicted molar refractivity (Wildman–Crippen MR) is 379 cm³/mol. The van der Waals surface area contributed by atoms with Gasteiger partial charge in [-0.05, 0) is 64.2 Å². The number of aliphatic hydroxyl groups excluding tert-OH is 2. The van der Waals surface area contributed by atoms with E-state index in [9.17, 15) is 19.8 Å². The molecule has 0 aromatic carbocycles. The summed E-state index contributed by atoms with van der Waals surface area (Å²) < 4.78 is 5.49. The number of aliphatic hydroxyl groups is 2. The first-order valence-electron chi connectivity index (χ1n) is 39.3. The third-order valence-electron chi connectivity index (χ3n) is 18.4. The number of nitrogens with one attached hydrogen (secondary N) is 1. The molecule has 508 valence electrons. The van der Waals surface area contributed by atoms with Crippen LogP contribution in [0.2, 0.25) is 0 Å². The third kappa shape index (κ3) is 71.2. The topological polar surface area (TPSA) is 95.9 Å². The van der Waals surface area contributed by atoms with Crippen LogP contribution in [0.1, 0.15) is 438 Å². The molecule has 1 amide bonds. The van der Waals surface area contributed by atoms with Gasteiger partial charge in [-0.2, -0.15) is 0 Å². The standard InChI is InChI=1S/C80H153NO5/c1-3-5-7-9-11-13-15-17-18-19-43-46-49-52-56-60-64-68-72-78(83)77(76-82)81-79(84)73-69-65-61-57-53-50-47-44-41-39-37-35-33-31-29-27-25-23-21-20-22-24-26-28-30-32-34-36-38-40-42-45-48-51-55-59-63-67-71-75-86-80(85)74-70-66-62-58-54-16-14-12-10-8-6-4-2/h20-21,24,26,68,72,77-78,82-83H,3-19,22-23,25,27-67,69-71,73-76H2,1-2H3,(H,81,84)/b21-20-,26-24-,72-68+. The molecule has 0 aliphatic rings. The number of amides is 1. The number of carbonyl (C=O) groups excluding carboxylic acids is 2. The summed E-state index contributed by atoms with van der Waals surface area (Å²) in [5, 5.41) is 23.2. The Bertz CT molecular complexity index is 1390. The van der Waals surface area contributed by atoms with Gasteiger partial charge in [-0.1, -0.05) is 397 Å². The lowest BCUT2D eigenvalue weighted by atomic mass is 10.0. The van der Waals surface area contributed by atoms with Crippen molar-refractivity contribution in [3.8, 4) is 0 Å². The van der Waals surface area contributed by atoms with Crippen molar-refractivity contribution in [2.24, 2.45) is 0 Å². The number of esters is 1. The van der Waals surface area contributed by atoms with Crippen molar-refractivity contribution < 1.29 is 24.5 Å². The Morgan fingerprint density at radius 3 is 0.884 bits per heavy atom. The predicted octanol–water partition coefficient (Wildman–Crippen LogP) is 25.8. The van der Waals surface area contributed by atoms with Crippen LogP contribution in [-0.4, -0.2) is 47.4 Å². The summed E-state index contributed by atoms with van der Waals surface area (Å²) in [6.07, 6.45) is 98.4. The van der Waals surface area contributed by atoms with Crippen LogP contribution in [0.15, 0.2) is 36.5 Å². The lowest BCUT2D eigenvalue weighted by molar-refractivity contribution is -0.143. The van der Waals surface area contributed by atoms with Crippen molar-refractivity contribution in [3.05, 3.63) is 36.5 Å². The minimum atomic E-state index is -0.843. The van der Waals surface area contributed by atoms with Crippen molar-refractivity contribution in [3.63, 3.8) is 0 Å². The fourth-order valence-corrected chi connectivity index (χ4v) is 12.4. The smallest absolute Gasteiger partial charge is 0.305 e. The van der Waals surface area contributed by atoms with E-state index in [4.69, 9.17) is 4.74 Å². The van der Waals surface area contributed by atoms with Crippen molar-refractivity contribution >= 4 is 11.9 Å². The molecule has 0 aromatic rings. The molecule has 6 nitrogen and oxygen atoms in total. The number of rotatable bonds is 74. The first-order chi connectivity index (χ1) is 42.5. The lowest BCUT2D eigenvalue weighted by Gasteiger charge is -2.20. The van der Waals surface area contributed by atoms with E-state index in [2.05, 4.69) is 43.5 Å². The second-order valence-corrected chi connectivity index (χ2v) is 27.0. The zero-order chi connectivity index (χ0) is 62.0. The Hall–Kier alpha value is -1.92. The Labute approximate surface area is 538 Å². The molecular weight excluding hydrogens is 1050 g/mol. The number of hydrogen-bond donors (Lipinski definition) is 3. The molecule has 0 saturated carbocycles. The summed E-state index contributed by atoms with van der Waals surface area (Å²) in [6, 6.07) is -0.626. The first-order valence-corrected chi connectivity index (χ1v) is 39.3. The molecule has 0 fully saturated rings. The van der Waals surface area contributed by atoms with Gasteiger partial charge in [0.25, 0.3) is 0 Å². The van der Waals surface area contributed by atoms with Crippen molar-refractivity contribution in [1.82, 2.24) is 5.32 Å². The molecule has 2 atom stereocenters. The van der Waals surface area contributed by atoms with Gasteiger partial charge in [0.1, 0.15) is 0 Å². The molecule has 0 aliphatic heterocycles. The van der Waals surface area contributed by atoms with Crippen LogP contribution in [0.5, 0.6) is 0 Å². The summed E-state index contributed by atoms with van der Waals surface area (Å²) in [5.41, 5.74) is 0. The molecule has 0 rings (SSSR count). The van der Waals surface area contributed by atoms with Gasteiger partial charge in [0.05, 0.1) is 25.4 Å². The molecule has 0 heterocycles. The molecule has 0 radical (unpaired) electrons. The maximum atomic E-state index is 12.5. The van der Waals surface area contributed by atoms with E-state index in [1.54, 1.807) is 6.08 Å². The van der Waals surface area contributed by atoms with Gasteiger partial charge < -0.3 is 20.3 Å². The van der Waals surface area contributed by atoms with Gasteiger partial charge in [0.2, 0.25) is 5.91 Å². The highest BCUT2D eigenvalue weighted by Gasteiger charge is 2.18. The fourth-order valence-electron chi connectivity index (χ4n) is 12.4. The van der Waals surface area contributed by atoms with Crippen LogP contribution in [0.4, 0.5) is 0 Å². The van der Waals surface area contributed by atoms with E-state index >= 15 is 0 Å². The number of ether oxygens (including phenoxy) is 1. The van der Waals surface area contributed by atoms with Gasteiger partial charge in [0.15, 0.2) is 0 Å². The van der Waals surface area contributed by atoms with Gasteiger partial charge in [-0.3, -0.25) is 9.59 Å². The fraction of sp³-hybridized carbons (Fsp3) is 0.900. The van der Waals surface area contributed by atoms with Crippen LogP contribution in [0.25, 0.3) is 0 Å². The summed E-state index contributed by atoms with van der Waals surface area (Å²) in [5.74, 6) is -0.0398. The Kier molecular flexibility index (Phi) is 73.9. The second-order valence-electron chi connectivity index (χ2n) is 27.0. The minimum absolute atomic E-state index is 0.0214. The van der Waals surface area contributed by atoms with Crippen molar-refractivity contribution in [2.45, 2.75) is 450 Å². The second kappa shape index (κ2) is 75.5. The molecule has 0 aliphatic carbocycles. The number of allylic oxidation sites excluding steroid dienone is 5. The van der Waals surface area contributed by atoms with Crippen LogP contribution >= 0.6 is 0 Å². The molecule has 0 bridgehead atoms. The summed E-state index contributed by atoms with van der Waals surface area (Å²) in [6.45, 7) is 4.95. The summed E-state index contributed by atoms with van der Waals surface area (Å²) in [4.78, 5) is 24.6. The molecule has 6 heteroatoms. The van der Waals surface area contributed by atoms with Crippen LogP contribution in [0.3, 0.4) is 0 Å². The quantitative estimate of drug-likeness (QED) is 0.0320. The average molecular weight is 1210 g/mol. The monoisotopic (exact) mass is 1210 g/mol. The summed E-state index contributed by atoms with van der Waals surface area (Å²) in [7, 11) is 0. The van der Waals surface area contributed by atoms with Crippen LogP contribution < -0.4 is 5.32 Å². The Morgan fingerprint density at radius 1 is 0.326 bits per heavy atom. The van der Waals surface area contributed by atoms with Crippen LogP contribution in [0, 0.1) is 0 Å². The Morgan fingerprint density at radius 2 is 0.581 bits per heavy atom. The summed E-state index contributed by atoms with van der Waals surface area (Å²) >= 11 is 0. The zero-order valence-corrected chi connectivity index (χ0v) is 58.3. The molecule has 3 N–H and O–H groups in total. The third-order valence-corrected chi connectivity index (χ3v) is 18.4. The van der Waals surface area contributed by atoms with E-state index in [1.165, 1.54) is 366 Å². The zero-order valence-electron chi connectivity index (χ0n) is 58.3. The number of hydrogen-bond acceptors (Lipinski definition) is 5. The molecule has 0 aromatic heterocycles. The van der Waals surface area contributed by atoms with E-state index in [0.717, 1.165) is 44.9 Å². The highest BCUT2D eigenvalue weighted by Crippen LogP contribution is 2.19. The minimum Gasteiger partial charge on any atom is -0.466 e. The number of unbranched alkanes of at least 4 members (excludes halogenated alkanes) is 59. The largest absolute Gasteiger partial charge is 0.466 e. The molecular formula is C80H153NO5. The first kappa shape index (κ1) is 84.1. The maximum absolute atomic E-state index is 12.5. The molecule has 0 saturated heterocycles. The lowest BCUT2D eigenvalue weighted by Crippen LogP contribution is -2.45. The average Bonchev–Trinajstić information content (AvgIpc) is 3.60. The van der Waals surface area contributed by atoms with E-state index in [1.807, 2.05) is 6.08 Å². The highest BCUT2D eigenvalue weighted by molar-refractivity contribution is 5.76. The van der Waals surface area contributed by atoms with E-state index in [-0.39, 0.29) is 18.5 Å². The van der Waals surface area contributed by atoms with E-state index in [0.29, 0.717) is 19.4 Å². The Balaban J connectivity index is 3.37. The molecule has 2 unspecified atom stereocenters.